The molecule has 1 aliphatic rings. The molecule has 1 aromatic heterocycles. The lowest BCUT2D eigenvalue weighted by Gasteiger charge is -2.34. The first-order valence-electron chi connectivity index (χ1n) is 8.67. The van der Waals surface area contributed by atoms with E-state index in [-0.39, 0.29) is 4.90 Å². The van der Waals surface area contributed by atoms with Gasteiger partial charge in [-0.2, -0.15) is 4.31 Å². The summed E-state index contributed by atoms with van der Waals surface area (Å²) < 4.78 is 43.4. The summed E-state index contributed by atoms with van der Waals surface area (Å²) in [5.41, 5.74) is 0. The molecule has 0 spiro atoms. The Morgan fingerprint density at radius 1 is 1.11 bits per heavy atom. The van der Waals surface area contributed by atoms with Crippen molar-refractivity contribution in [1.29, 1.82) is 0 Å². The van der Waals surface area contributed by atoms with Crippen molar-refractivity contribution in [3.05, 3.63) is 30.0 Å². The largest absolute Gasteiger partial charge is 0.497 e. The fourth-order valence-electron chi connectivity index (χ4n) is 3.01. The van der Waals surface area contributed by atoms with Crippen molar-refractivity contribution in [2.24, 2.45) is 0 Å². The van der Waals surface area contributed by atoms with Gasteiger partial charge in [-0.3, -0.25) is 0 Å². The van der Waals surface area contributed by atoms with Crippen LogP contribution in [0.3, 0.4) is 0 Å². The fourth-order valence-corrected chi connectivity index (χ4v) is 4.60. The molecule has 0 saturated carbocycles. The molecule has 1 aromatic carbocycles. The highest BCUT2D eigenvalue weighted by Gasteiger charge is 2.31. The molecule has 1 fully saturated rings. The molecule has 148 valence electrons. The molecule has 0 unspecified atom stereocenters. The van der Waals surface area contributed by atoms with Crippen LogP contribution in [0, 0.1) is 6.92 Å². The first kappa shape index (κ1) is 19.6. The molecule has 2 heterocycles. The number of piperazine rings is 1. The monoisotopic (exact) mass is 396 g/mol. The maximum atomic E-state index is 13.1. The molecule has 9 nitrogen and oxygen atoms in total. The Morgan fingerprint density at radius 3 is 2.44 bits per heavy atom. The minimum absolute atomic E-state index is 0.124. The molecular weight excluding hydrogens is 372 g/mol. The zero-order chi connectivity index (χ0) is 19.4. The van der Waals surface area contributed by atoms with Crippen LogP contribution in [0.5, 0.6) is 11.5 Å². The van der Waals surface area contributed by atoms with Crippen LogP contribution >= 0.6 is 0 Å². The van der Waals surface area contributed by atoms with Crippen molar-refractivity contribution in [2.45, 2.75) is 18.2 Å². The molecule has 2 aromatic rings. The van der Waals surface area contributed by atoms with Gasteiger partial charge in [0.15, 0.2) is 0 Å². The highest BCUT2D eigenvalue weighted by Crippen LogP contribution is 2.31. The average molecular weight is 396 g/mol. The van der Waals surface area contributed by atoms with Gasteiger partial charge in [0.05, 0.1) is 14.2 Å². The Bertz CT molecular complexity index is 875. The second-order valence-corrected chi connectivity index (χ2v) is 8.13. The molecule has 0 radical (unpaired) electrons. The number of methoxy groups -OCH3 is 2. The van der Waals surface area contributed by atoms with E-state index in [9.17, 15) is 8.42 Å². The van der Waals surface area contributed by atoms with Gasteiger partial charge < -0.3 is 18.8 Å². The number of hydrogen-bond donors (Lipinski definition) is 0. The number of aryl methyl sites for hydroxylation is 1. The molecule has 0 N–H and O–H groups in total. The molecule has 0 aliphatic carbocycles. The smallest absolute Gasteiger partial charge is 0.246 e. The van der Waals surface area contributed by atoms with Crippen LogP contribution < -0.4 is 9.47 Å². The van der Waals surface area contributed by atoms with Gasteiger partial charge >= 0.3 is 0 Å². The van der Waals surface area contributed by atoms with E-state index in [4.69, 9.17) is 13.9 Å². The Balaban J connectivity index is 1.64. The Hall–Kier alpha value is -2.17. The first-order chi connectivity index (χ1) is 12.9. The third-order valence-corrected chi connectivity index (χ3v) is 6.45. The van der Waals surface area contributed by atoms with Crippen molar-refractivity contribution in [3.63, 3.8) is 0 Å². The lowest BCUT2D eigenvalue weighted by Crippen LogP contribution is -2.49. The first-order valence-corrected chi connectivity index (χ1v) is 10.1. The molecule has 0 bridgehead atoms. The topological polar surface area (TPSA) is 98.0 Å². The molecule has 1 saturated heterocycles. The predicted octanol–water partition coefficient (Wildman–Crippen LogP) is 0.944. The number of hydrogen-bond acceptors (Lipinski definition) is 8. The van der Waals surface area contributed by atoms with E-state index < -0.39 is 10.0 Å². The van der Waals surface area contributed by atoms with E-state index in [1.54, 1.807) is 19.1 Å². The van der Waals surface area contributed by atoms with Gasteiger partial charge in [0.25, 0.3) is 0 Å². The number of nitrogens with zero attached hydrogens (tertiary/aromatic N) is 4. The summed E-state index contributed by atoms with van der Waals surface area (Å²) in [5, 5.41) is 7.80. The number of aromatic nitrogens is 2. The summed E-state index contributed by atoms with van der Waals surface area (Å²) in [6, 6.07) is 4.78. The summed E-state index contributed by atoms with van der Waals surface area (Å²) in [6.07, 6.45) is 0.650. The summed E-state index contributed by atoms with van der Waals surface area (Å²) >= 11 is 0. The van der Waals surface area contributed by atoms with Gasteiger partial charge in [-0.15, -0.1) is 10.2 Å². The fraction of sp³-hybridized carbons (Fsp3) is 0.529. The minimum atomic E-state index is -3.66. The van der Waals surface area contributed by atoms with Crippen molar-refractivity contribution in [2.75, 3.05) is 46.9 Å². The highest BCUT2D eigenvalue weighted by atomic mass is 32.2. The molecule has 1 aliphatic heterocycles. The third-order valence-electron chi connectivity index (χ3n) is 4.53. The molecule has 3 rings (SSSR count). The molecule has 27 heavy (non-hydrogen) atoms. The molecule has 0 atom stereocenters. The van der Waals surface area contributed by atoms with Gasteiger partial charge in [-0.1, -0.05) is 0 Å². The minimum Gasteiger partial charge on any atom is -0.497 e. The number of sulfonamides is 1. The van der Waals surface area contributed by atoms with Crippen LogP contribution in [0.15, 0.2) is 27.5 Å². The van der Waals surface area contributed by atoms with E-state index in [0.717, 1.165) is 6.54 Å². The van der Waals surface area contributed by atoms with Crippen molar-refractivity contribution < 1.29 is 22.3 Å². The van der Waals surface area contributed by atoms with Gasteiger partial charge in [0.2, 0.25) is 21.8 Å². The highest BCUT2D eigenvalue weighted by molar-refractivity contribution is 7.89. The predicted molar refractivity (Wildman–Crippen MR) is 97.5 cm³/mol. The summed E-state index contributed by atoms with van der Waals surface area (Å²) in [6.45, 7) is 4.60. The lowest BCUT2D eigenvalue weighted by atomic mass is 10.3. The molecule has 0 amide bonds. The van der Waals surface area contributed by atoms with E-state index in [1.807, 2.05) is 0 Å². The SMILES string of the molecule is COc1ccc(OC)c(S(=O)(=O)N2CCN(CCc3nnc(C)o3)CC2)c1. The van der Waals surface area contributed by atoms with Crippen molar-refractivity contribution in [1.82, 2.24) is 19.4 Å². The summed E-state index contributed by atoms with van der Waals surface area (Å²) in [7, 11) is -0.706. The Morgan fingerprint density at radius 2 is 1.85 bits per heavy atom. The van der Waals surface area contributed by atoms with Crippen LogP contribution in [-0.2, 0) is 16.4 Å². The number of rotatable bonds is 7. The van der Waals surface area contributed by atoms with Gasteiger partial charge in [-0.05, 0) is 12.1 Å². The van der Waals surface area contributed by atoms with Crippen LogP contribution in [0.2, 0.25) is 0 Å². The van der Waals surface area contributed by atoms with Crippen molar-refractivity contribution >= 4 is 10.0 Å². The molecular formula is C17H24N4O5S. The lowest BCUT2D eigenvalue weighted by molar-refractivity contribution is 0.186. The van der Waals surface area contributed by atoms with E-state index in [1.165, 1.54) is 24.6 Å². The maximum Gasteiger partial charge on any atom is 0.246 e. The second kappa shape index (κ2) is 8.24. The summed E-state index contributed by atoms with van der Waals surface area (Å²) in [4.78, 5) is 2.31. The normalized spacial score (nSPS) is 16.4. The summed E-state index contributed by atoms with van der Waals surface area (Å²) in [5.74, 6) is 1.93. The van der Waals surface area contributed by atoms with Gasteiger partial charge in [0.1, 0.15) is 16.4 Å². The Labute approximate surface area is 158 Å². The van der Waals surface area contributed by atoms with E-state index in [2.05, 4.69) is 15.1 Å². The number of ether oxygens (including phenoxy) is 2. The van der Waals surface area contributed by atoms with Crippen LogP contribution in [0.1, 0.15) is 11.8 Å². The second-order valence-electron chi connectivity index (χ2n) is 6.23. The zero-order valence-corrected chi connectivity index (χ0v) is 16.5. The average Bonchev–Trinajstić information content (AvgIpc) is 3.11. The van der Waals surface area contributed by atoms with Crippen LogP contribution in [0.4, 0.5) is 0 Å². The van der Waals surface area contributed by atoms with Gasteiger partial charge in [0, 0.05) is 52.1 Å². The van der Waals surface area contributed by atoms with Crippen molar-refractivity contribution in [3.8, 4) is 11.5 Å². The van der Waals surface area contributed by atoms with E-state index in [0.29, 0.717) is 55.9 Å². The zero-order valence-electron chi connectivity index (χ0n) is 15.7. The van der Waals surface area contributed by atoms with E-state index >= 15 is 0 Å². The number of benzene rings is 1. The maximum absolute atomic E-state index is 13.1. The Kier molecular flexibility index (Phi) is 5.98. The quantitative estimate of drug-likeness (QED) is 0.682. The molecule has 10 heteroatoms. The standard InChI is InChI=1S/C17H24N4O5S/c1-13-18-19-17(26-13)6-7-20-8-10-21(11-9-20)27(22,23)16-12-14(24-2)4-5-15(16)25-3/h4-5,12H,6-11H2,1-3H3. The van der Waals surface area contributed by atoms with Gasteiger partial charge in [-0.25, -0.2) is 8.42 Å². The van der Waals surface area contributed by atoms with Crippen LogP contribution in [-0.4, -0.2) is 74.8 Å². The van der Waals surface area contributed by atoms with Crippen LogP contribution in [0.25, 0.3) is 0 Å². The third kappa shape index (κ3) is 4.40.